The normalized spacial score (nSPS) is 10.5. The van der Waals surface area contributed by atoms with Gasteiger partial charge in [0.05, 0.1) is 11.8 Å². The van der Waals surface area contributed by atoms with Crippen molar-refractivity contribution in [1.82, 2.24) is 9.78 Å². The lowest BCUT2D eigenvalue weighted by Gasteiger charge is -1.99. The Kier molecular flexibility index (Phi) is 3.32. The van der Waals surface area contributed by atoms with Crippen molar-refractivity contribution in [2.75, 3.05) is 0 Å². The van der Waals surface area contributed by atoms with Gasteiger partial charge in [0.1, 0.15) is 5.82 Å². The summed E-state index contributed by atoms with van der Waals surface area (Å²) in [5.74, 6) is -0.366. The number of halogens is 1. The standard InChI is InChI=1S/C13H13FN2O/c1-2-16-9-11(8-15-16)13(17)7-10-4-3-5-12(14)6-10/h3-6,8-9H,2,7H2,1H3. The number of benzene rings is 1. The van der Waals surface area contributed by atoms with Crippen LogP contribution in [-0.4, -0.2) is 15.6 Å². The fourth-order valence-corrected chi connectivity index (χ4v) is 1.61. The molecular weight excluding hydrogens is 219 g/mol. The molecule has 0 aliphatic heterocycles. The van der Waals surface area contributed by atoms with Crippen LogP contribution in [0.4, 0.5) is 4.39 Å². The van der Waals surface area contributed by atoms with Gasteiger partial charge >= 0.3 is 0 Å². The largest absolute Gasteiger partial charge is 0.294 e. The third-order valence-corrected chi connectivity index (χ3v) is 2.53. The first-order valence-electron chi connectivity index (χ1n) is 5.49. The number of nitrogens with zero attached hydrogens (tertiary/aromatic N) is 2. The number of aryl methyl sites for hydroxylation is 1. The molecule has 2 aromatic rings. The van der Waals surface area contributed by atoms with E-state index in [1.807, 2.05) is 6.92 Å². The number of hydrogen-bond donors (Lipinski definition) is 0. The Balaban J connectivity index is 2.11. The van der Waals surface area contributed by atoms with Crippen molar-refractivity contribution < 1.29 is 9.18 Å². The van der Waals surface area contributed by atoms with Gasteiger partial charge in [0.15, 0.2) is 5.78 Å². The topological polar surface area (TPSA) is 34.9 Å². The zero-order chi connectivity index (χ0) is 12.3. The highest BCUT2D eigenvalue weighted by Crippen LogP contribution is 2.08. The van der Waals surface area contributed by atoms with Crippen LogP contribution in [0.2, 0.25) is 0 Å². The Morgan fingerprint density at radius 2 is 2.29 bits per heavy atom. The number of carbonyl (C=O) groups is 1. The average molecular weight is 232 g/mol. The minimum Gasteiger partial charge on any atom is -0.294 e. The molecule has 0 bridgehead atoms. The van der Waals surface area contributed by atoms with E-state index in [1.54, 1.807) is 29.2 Å². The number of rotatable bonds is 4. The van der Waals surface area contributed by atoms with Gasteiger partial charge in [-0.25, -0.2) is 4.39 Å². The molecule has 0 radical (unpaired) electrons. The minimum atomic E-state index is -0.320. The molecule has 17 heavy (non-hydrogen) atoms. The Morgan fingerprint density at radius 1 is 1.47 bits per heavy atom. The lowest BCUT2D eigenvalue weighted by molar-refractivity contribution is 0.0993. The first-order chi connectivity index (χ1) is 8.19. The zero-order valence-electron chi connectivity index (χ0n) is 9.56. The summed E-state index contributed by atoms with van der Waals surface area (Å²) in [4.78, 5) is 11.9. The molecule has 0 N–H and O–H groups in total. The van der Waals surface area contributed by atoms with Crippen molar-refractivity contribution in [3.05, 3.63) is 53.6 Å². The summed E-state index contributed by atoms with van der Waals surface area (Å²) < 4.78 is 14.6. The number of ketones is 1. The van der Waals surface area contributed by atoms with E-state index in [0.29, 0.717) is 11.1 Å². The van der Waals surface area contributed by atoms with E-state index in [1.165, 1.54) is 12.1 Å². The van der Waals surface area contributed by atoms with Crippen molar-refractivity contribution in [3.8, 4) is 0 Å². The van der Waals surface area contributed by atoms with Crippen LogP contribution >= 0.6 is 0 Å². The van der Waals surface area contributed by atoms with Gasteiger partial charge < -0.3 is 0 Å². The molecular formula is C13H13FN2O. The van der Waals surface area contributed by atoms with Crippen molar-refractivity contribution in [2.45, 2.75) is 19.9 Å². The molecule has 1 aromatic heterocycles. The van der Waals surface area contributed by atoms with Gasteiger partial charge in [0.25, 0.3) is 0 Å². The molecule has 88 valence electrons. The highest BCUT2D eigenvalue weighted by molar-refractivity contribution is 5.97. The maximum Gasteiger partial charge on any atom is 0.170 e. The fourth-order valence-electron chi connectivity index (χ4n) is 1.61. The van der Waals surface area contributed by atoms with Crippen LogP contribution in [0.5, 0.6) is 0 Å². The first-order valence-corrected chi connectivity index (χ1v) is 5.49. The molecule has 0 fully saturated rings. The second-order valence-electron chi connectivity index (χ2n) is 3.81. The Labute approximate surface area is 98.9 Å². The van der Waals surface area contributed by atoms with Crippen molar-refractivity contribution in [1.29, 1.82) is 0 Å². The highest BCUT2D eigenvalue weighted by atomic mass is 19.1. The SMILES string of the molecule is CCn1cc(C(=O)Cc2cccc(F)c2)cn1. The molecule has 2 rings (SSSR count). The first kappa shape index (κ1) is 11.5. The van der Waals surface area contributed by atoms with Gasteiger partial charge in [-0.15, -0.1) is 0 Å². The molecule has 0 saturated carbocycles. The molecule has 1 heterocycles. The molecule has 0 aliphatic carbocycles. The molecule has 0 aliphatic rings. The second-order valence-corrected chi connectivity index (χ2v) is 3.81. The molecule has 0 amide bonds. The van der Waals surface area contributed by atoms with Gasteiger partial charge in [0, 0.05) is 19.2 Å². The van der Waals surface area contributed by atoms with E-state index >= 15 is 0 Å². The number of aromatic nitrogens is 2. The van der Waals surface area contributed by atoms with Crippen LogP contribution in [0.15, 0.2) is 36.7 Å². The molecule has 4 heteroatoms. The third kappa shape index (κ3) is 2.78. The monoisotopic (exact) mass is 232 g/mol. The Morgan fingerprint density at radius 3 is 2.94 bits per heavy atom. The van der Waals surface area contributed by atoms with Crippen LogP contribution in [0.25, 0.3) is 0 Å². The van der Waals surface area contributed by atoms with E-state index in [0.717, 1.165) is 6.54 Å². The summed E-state index contributed by atoms with van der Waals surface area (Å²) in [6.07, 6.45) is 3.46. The molecule has 0 unspecified atom stereocenters. The summed E-state index contributed by atoms with van der Waals surface area (Å²) >= 11 is 0. The summed E-state index contributed by atoms with van der Waals surface area (Å²) in [5.41, 5.74) is 1.25. The van der Waals surface area contributed by atoms with Crippen molar-refractivity contribution in [3.63, 3.8) is 0 Å². The molecule has 0 saturated heterocycles. The van der Waals surface area contributed by atoms with E-state index in [-0.39, 0.29) is 18.0 Å². The highest BCUT2D eigenvalue weighted by Gasteiger charge is 2.09. The van der Waals surface area contributed by atoms with Crippen molar-refractivity contribution in [2.24, 2.45) is 0 Å². The average Bonchev–Trinajstić information content (AvgIpc) is 2.77. The third-order valence-electron chi connectivity index (χ3n) is 2.53. The molecule has 3 nitrogen and oxygen atoms in total. The smallest absolute Gasteiger partial charge is 0.170 e. The summed E-state index contributed by atoms with van der Waals surface area (Å²) in [6, 6.07) is 6.09. The van der Waals surface area contributed by atoms with Gasteiger partial charge in [0.2, 0.25) is 0 Å². The predicted octanol–water partition coefficient (Wildman–Crippen LogP) is 2.47. The number of hydrogen-bond acceptors (Lipinski definition) is 2. The molecule has 0 spiro atoms. The molecule has 1 aromatic carbocycles. The van der Waals surface area contributed by atoms with E-state index < -0.39 is 0 Å². The quantitative estimate of drug-likeness (QED) is 0.759. The minimum absolute atomic E-state index is 0.0460. The van der Waals surface area contributed by atoms with Crippen LogP contribution in [0.1, 0.15) is 22.8 Å². The van der Waals surface area contributed by atoms with E-state index in [9.17, 15) is 9.18 Å². The summed E-state index contributed by atoms with van der Waals surface area (Å²) in [6.45, 7) is 2.68. The Bertz CT molecular complexity index is 534. The lowest BCUT2D eigenvalue weighted by Crippen LogP contribution is -2.02. The predicted molar refractivity (Wildman–Crippen MR) is 62.3 cm³/mol. The van der Waals surface area contributed by atoms with Gasteiger partial charge in [-0.3, -0.25) is 9.48 Å². The summed E-state index contributed by atoms with van der Waals surface area (Å²) in [7, 11) is 0. The van der Waals surface area contributed by atoms with Crippen LogP contribution in [0.3, 0.4) is 0 Å². The van der Waals surface area contributed by atoms with Crippen LogP contribution in [-0.2, 0) is 13.0 Å². The lowest BCUT2D eigenvalue weighted by atomic mass is 10.1. The van der Waals surface area contributed by atoms with Gasteiger partial charge in [-0.2, -0.15) is 5.10 Å². The summed E-state index contributed by atoms with van der Waals surface area (Å²) in [5, 5.41) is 4.04. The van der Waals surface area contributed by atoms with E-state index in [2.05, 4.69) is 5.10 Å². The van der Waals surface area contributed by atoms with Crippen molar-refractivity contribution >= 4 is 5.78 Å². The second kappa shape index (κ2) is 4.91. The van der Waals surface area contributed by atoms with E-state index in [4.69, 9.17) is 0 Å². The zero-order valence-corrected chi connectivity index (χ0v) is 9.56. The number of carbonyl (C=O) groups excluding carboxylic acids is 1. The van der Waals surface area contributed by atoms with Gasteiger partial charge in [-0.1, -0.05) is 12.1 Å². The van der Waals surface area contributed by atoms with Crippen LogP contribution < -0.4 is 0 Å². The fraction of sp³-hybridized carbons (Fsp3) is 0.231. The van der Waals surface area contributed by atoms with Crippen LogP contribution in [0, 0.1) is 5.82 Å². The maximum absolute atomic E-state index is 13.0. The molecule has 0 atom stereocenters. The maximum atomic E-state index is 13.0. The Hall–Kier alpha value is -1.97. The number of Topliss-reactive ketones (excluding diaryl/α,β-unsaturated/α-hetero) is 1. The van der Waals surface area contributed by atoms with Gasteiger partial charge in [-0.05, 0) is 24.6 Å².